The maximum absolute atomic E-state index is 6.47. The number of hydrogen-bond donors (Lipinski definition) is 0. The fourth-order valence-corrected chi connectivity index (χ4v) is 6.02. The van der Waals surface area contributed by atoms with Gasteiger partial charge in [0.25, 0.3) is 0 Å². The van der Waals surface area contributed by atoms with Crippen LogP contribution >= 0.6 is 15.9 Å². The minimum atomic E-state index is 0.822. The van der Waals surface area contributed by atoms with E-state index < -0.39 is 0 Å². The van der Waals surface area contributed by atoms with Crippen molar-refractivity contribution >= 4 is 50.8 Å². The summed E-state index contributed by atoms with van der Waals surface area (Å²) in [5.74, 6) is 0. The molecule has 0 nitrogen and oxygen atoms in total. The Morgan fingerprint density at radius 2 is 1.09 bits per heavy atom. The summed E-state index contributed by atoms with van der Waals surface area (Å²) in [4.78, 5) is 0. The summed E-state index contributed by atoms with van der Waals surface area (Å²) in [6, 6.07) is 39.0. The van der Waals surface area contributed by atoms with Gasteiger partial charge >= 0.3 is 0 Å². The summed E-state index contributed by atoms with van der Waals surface area (Å²) in [7, 11) is 6.47. The smallest absolute Gasteiger partial charge is 0.0889 e. The van der Waals surface area contributed by atoms with Gasteiger partial charge in [0.2, 0.25) is 0 Å². The fourth-order valence-electron chi connectivity index (χ4n) is 5.65. The highest BCUT2D eigenvalue weighted by Gasteiger charge is 2.30. The van der Waals surface area contributed by atoms with Crippen LogP contribution in [0.25, 0.3) is 66.1 Å². The standard InChI is InChI=1S/C32H18BBr/c33-27-17-16-25-30-23(27)12-7-13-24(30)31-28(19-8-3-1-4-9-19)22-15-14-21(34)18-26(22)29(32(25)31)20-10-5-2-6-11-20/h1-18H. The summed E-state index contributed by atoms with van der Waals surface area (Å²) in [6.45, 7) is 0. The second-order valence-electron chi connectivity index (χ2n) is 8.85. The predicted molar refractivity (Wildman–Crippen MR) is 150 cm³/mol. The van der Waals surface area contributed by atoms with Crippen LogP contribution in [0.15, 0.2) is 114 Å². The number of hydrogen-bond acceptors (Lipinski definition) is 0. The molecule has 34 heavy (non-hydrogen) atoms. The van der Waals surface area contributed by atoms with Gasteiger partial charge in [-0.1, -0.05) is 118 Å². The fraction of sp³-hybridized carbons (Fsp3) is 0. The molecule has 1 aliphatic carbocycles. The molecule has 0 fully saturated rings. The Labute approximate surface area is 208 Å². The normalized spacial score (nSPS) is 11.8. The summed E-state index contributed by atoms with van der Waals surface area (Å²) in [6.07, 6.45) is 0. The van der Waals surface area contributed by atoms with Gasteiger partial charge < -0.3 is 0 Å². The minimum Gasteiger partial charge on any atom is -0.0889 e. The van der Waals surface area contributed by atoms with Gasteiger partial charge in [0.1, 0.15) is 7.85 Å². The molecule has 1 aliphatic rings. The van der Waals surface area contributed by atoms with Crippen LogP contribution in [0.2, 0.25) is 0 Å². The Hall–Kier alpha value is -3.62. The molecule has 0 spiro atoms. The van der Waals surface area contributed by atoms with Crippen LogP contribution in [0.5, 0.6) is 0 Å². The zero-order valence-electron chi connectivity index (χ0n) is 18.3. The molecule has 0 saturated heterocycles. The molecule has 6 aromatic rings. The van der Waals surface area contributed by atoms with E-state index in [0.717, 1.165) is 15.3 Å². The van der Waals surface area contributed by atoms with E-state index in [0.29, 0.717) is 0 Å². The van der Waals surface area contributed by atoms with Crippen molar-refractivity contribution in [3.8, 4) is 44.5 Å². The molecule has 6 aromatic carbocycles. The lowest BCUT2D eigenvalue weighted by atomic mass is 9.82. The van der Waals surface area contributed by atoms with Gasteiger partial charge in [-0.05, 0) is 78.2 Å². The number of fused-ring (bicyclic) bond motifs is 4. The third-order valence-electron chi connectivity index (χ3n) is 7.01. The van der Waals surface area contributed by atoms with E-state index >= 15 is 0 Å². The summed E-state index contributed by atoms with van der Waals surface area (Å²) in [5, 5.41) is 4.87. The van der Waals surface area contributed by atoms with E-state index in [2.05, 4.69) is 125 Å². The topological polar surface area (TPSA) is 0 Å². The van der Waals surface area contributed by atoms with Gasteiger partial charge in [-0.15, -0.1) is 0 Å². The Kier molecular flexibility index (Phi) is 4.34. The first-order valence-corrected chi connectivity index (χ1v) is 12.2. The molecule has 2 radical (unpaired) electrons. The van der Waals surface area contributed by atoms with Crippen LogP contribution in [0.1, 0.15) is 0 Å². The first-order chi connectivity index (χ1) is 16.7. The molecular weight excluding hydrogens is 475 g/mol. The first-order valence-electron chi connectivity index (χ1n) is 11.4. The van der Waals surface area contributed by atoms with Crippen LogP contribution in [0, 0.1) is 0 Å². The van der Waals surface area contributed by atoms with Crippen LogP contribution < -0.4 is 5.46 Å². The van der Waals surface area contributed by atoms with E-state index in [-0.39, 0.29) is 0 Å². The van der Waals surface area contributed by atoms with E-state index in [1.54, 1.807) is 0 Å². The van der Waals surface area contributed by atoms with Crippen molar-refractivity contribution < 1.29 is 0 Å². The molecule has 0 N–H and O–H groups in total. The van der Waals surface area contributed by atoms with Crippen LogP contribution in [-0.2, 0) is 0 Å². The summed E-state index contributed by atoms with van der Waals surface area (Å²) < 4.78 is 1.08. The molecule has 0 amide bonds. The van der Waals surface area contributed by atoms with Gasteiger partial charge in [-0.3, -0.25) is 0 Å². The highest BCUT2D eigenvalue weighted by molar-refractivity contribution is 9.10. The summed E-state index contributed by atoms with van der Waals surface area (Å²) >= 11 is 3.75. The number of rotatable bonds is 2. The quantitative estimate of drug-likeness (QED) is 0.212. The molecule has 0 heterocycles. The maximum Gasteiger partial charge on any atom is 0.114 e. The van der Waals surface area contributed by atoms with Gasteiger partial charge in [-0.2, -0.15) is 0 Å². The Bertz CT molecular complexity index is 1750. The van der Waals surface area contributed by atoms with Gasteiger partial charge in [0.15, 0.2) is 0 Å². The molecule has 0 saturated carbocycles. The minimum absolute atomic E-state index is 0.822. The third kappa shape index (κ3) is 2.72. The molecular formula is C32H18BBr. The van der Waals surface area contributed by atoms with Crippen molar-refractivity contribution in [1.82, 2.24) is 0 Å². The largest absolute Gasteiger partial charge is 0.114 e. The van der Waals surface area contributed by atoms with Crippen molar-refractivity contribution in [2.24, 2.45) is 0 Å². The van der Waals surface area contributed by atoms with E-state index in [4.69, 9.17) is 7.85 Å². The van der Waals surface area contributed by atoms with Crippen LogP contribution in [0.3, 0.4) is 0 Å². The number of benzene rings is 6. The molecule has 0 atom stereocenters. The molecule has 156 valence electrons. The lowest BCUT2D eigenvalue weighted by Crippen LogP contribution is -2.02. The molecule has 0 aromatic heterocycles. The van der Waals surface area contributed by atoms with Crippen LogP contribution in [-0.4, -0.2) is 7.85 Å². The maximum atomic E-state index is 6.47. The average molecular weight is 493 g/mol. The zero-order valence-corrected chi connectivity index (χ0v) is 19.9. The lowest BCUT2D eigenvalue weighted by Gasteiger charge is -2.20. The predicted octanol–water partition coefficient (Wildman–Crippen LogP) is 8.53. The zero-order chi connectivity index (χ0) is 22.8. The second kappa shape index (κ2) is 7.45. The lowest BCUT2D eigenvalue weighted by molar-refractivity contribution is 1.61. The van der Waals surface area contributed by atoms with Crippen molar-refractivity contribution in [3.05, 3.63) is 114 Å². The molecule has 0 bridgehead atoms. The second-order valence-corrected chi connectivity index (χ2v) is 9.77. The van der Waals surface area contributed by atoms with Crippen molar-refractivity contribution in [1.29, 1.82) is 0 Å². The van der Waals surface area contributed by atoms with Crippen molar-refractivity contribution in [2.45, 2.75) is 0 Å². The molecule has 0 aliphatic heterocycles. The Balaban J connectivity index is 1.78. The molecule has 2 heteroatoms. The van der Waals surface area contributed by atoms with Crippen LogP contribution in [0.4, 0.5) is 0 Å². The Morgan fingerprint density at radius 1 is 0.471 bits per heavy atom. The monoisotopic (exact) mass is 492 g/mol. The SMILES string of the molecule is [B]c1ccc2c3c(cccc13)-c1c-2c(-c2ccccc2)c2cc(Br)ccc2c1-c1ccccc1. The van der Waals surface area contributed by atoms with Gasteiger partial charge in [0, 0.05) is 4.47 Å². The number of halogens is 1. The van der Waals surface area contributed by atoms with Crippen molar-refractivity contribution in [2.75, 3.05) is 0 Å². The van der Waals surface area contributed by atoms with Crippen molar-refractivity contribution in [3.63, 3.8) is 0 Å². The van der Waals surface area contributed by atoms with E-state index in [9.17, 15) is 0 Å². The van der Waals surface area contributed by atoms with Gasteiger partial charge in [-0.25, -0.2) is 0 Å². The van der Waals surface area contributed by atoms with E-state index in [1.165, 1.54) is 60.7 Å². The summed E-state index contributed by atoms with van der Waals surface area (Å²) in [5.41, 5.74) is 10.9. The molecule has 7 rings (SSSR count). The van der Waals surface area contributed by atoms with Gasteiger partial charge in [0.05, 0.1) is 0 Å². The first kappa shape index (κ1) is 19.8. The highest BCUT2D eigenvalue weighted by atomic mass is 79.9. The average Bonchev–Trinajstić information content (AvgIpc) is 3.20. The Morgan fingerprint density at radius 3 is 1.76 bits per heavy atom. The van der Waals surface area contributed by atoms with E-state index in [1.807, 2.05) is 0 Å². The third-order valence-corrected chi connectivity index (χ3v) is 7.50. The molecule has 0 unspecified atom stereocenters. The highest BCUT2D eigenvalue weighted by Crippen LogP contribution is 2.57.